The van der Waals surface area contributed by atoms with Gasteiger partial charge in [-0.25, -0.2) is 0 Å². The smallest absolute Gasteiger partial charge is 0.0456 e. The molecule has 110 valence electrons. The molecule has 20 heavy (non-hydrogen) atoms. The molecule has 0 aromatic heterocycles. The second-order valence-corrected chi connectivity index (χ2v) is 6.59. The number of halogens is 1. The average Bonchev–Trinajstić information content (AvgIpc) is 2.98. The first kappa shape index (κ1) is 14.4. The third-order valence-corrected chi connectivity index (χ3v) is 5.17. The highest BCUT2D eigenvalue weighted by Gasteiger charge is 2.25. The van der Waals surface area contributed by atoms with Gasteiger partial charge >= 0.3 is 0 Å². The van der Waals surface area contributed by atoms with Crippen LogP contribution in [0.15, 0.2) is 12.1 Å². The summed E-state index contributed by atoms with van der Waals surface area (Å²) in [5.41, 5.74) is 10.2. The second kappa shape index (κ2) is 6.46. The Labute approximate surface area is 127 Å². The zero-order chi connectivity index (χ0) is 13.9. The standard InChI is InChI=1S/C17H25ClN2/c18-16-12-14-6-2-1-5-13(14)11-15(16)17(7-8-19)20-9-3-4-10-20/h11-12,17H,1-10,19H2. The highest BCUT2D eigenvalue weighted by atomic mass is 35.5. The molecule has 1 atom stereocenters. The van der Waals surface area contributed by atoms with E-state index in [1.54, 1.807) is 0 Å². The Morgan fingerprint density at radius 1 is 1.05 bits per heavy atom. The van der Waals surface area contributed by atoms with E-state index >= 15 is 0 Å². The molecule has 1 aliphatic heterocycles. The molecule has 0 saturated carbocycles. The second-order valence-electron chi connectivity index (χ2n) is 6.19. The van der Waals surface area contributed by atoms with Crippen LogP contribution in [-0.4, -0.2) is 24.5 Å². The van der Waals surface area contributed by atoms with E-state index in [-0.39, 0.29) is 0 Å². The van der Waals surface area contributed by atoms with Crippen LogP contribution in [0.4, 0.5) is 0 Å². The minimum absolute atomic E-state index is 0.419. The van der Waals surface area contributed by atoms with Gasteiger partial charge in [0.1, 0.15) is 0 Å². The van der Waals surface area contributed by atoms with Crippen molar-refractivity contribution in [1.29, 1.82) is 0 Å². The van der Waals surface area contributed by atoms with Gasteiger partial charge in [0.05, 0.1) is 0 Å². The Hall–Kier alpha value is -0.570. The van der Waals surface area contributed by atoms with Gasteiger partial charge < -0.3 is 5.73 Å². The van der Waals surface area contributed by atoms with Gasteiger partial charge in [-0.15, -0.1) is 0 Å². The van der Waals surface area contributed by atoms with Gasteiger partial charge in [0, 0.05) is 11.1 Å². The van der Waals surface area contributed by atoms with Crippen molar-refractivity contribution in [2.75, 3.05) is 19.6 Å². The number of benzene rings is 1. The minimum Gasteiger partial charge on any atom is -0.330 e. The molecule has 1 aromatic rings. The third-order valence-electron chi connectivity index (χ3n) is 4.84. The first-order valence-electron chi connectivity index (χ1n) is 8.05. The predicted molar refractivity (Wildman–Crippen MR) is 85.3 cm³/mol. The van der Waals surface area contributed by atoms with Crippen molar-refractivity contribution in [3.05, 3.63) is 33.8 Å². The lowest BCUT2D eigenvalue weighted by molar-refractivity contribution is 0.236. The summed E-state index contributed by atoms with van der Waals surface area (Å²) in [7, 11) is 0. The molecule has 1 fully saturated rings. The summed E-state index contributed by atoms with van der Waals surface area (Å²) in [5, 5.41) is 0.955. The van der Waals surface area contributed by atoms with Crippen LogP contribution in [0.25, 0.3) is 0 Å². The highest BCUT2D eigenvalue weighted by molar-refractivity contribution is 6.31. The van der Waals surface area contributed by atoms with Crippen molar-refractivity contribution in [2.45, 2.75) is 51.0 Å². The molecule has 0 spiro atoms. The van der Waals surface area contributed by atoms with Gasteiger partial charge in [-0.1, -0.05) is 17.7 Å². The van der Waals surface area contributed by atoms with E-state index in [0.29, 0.717) is 6.04 Å². The predicted octanol–water partition coefficient (Wildman–Crippen LogP) is 3.70. The summed E-state index contributed by atoms with van der Waals surface area (Å²) in [5.74, 6) is 0. The molecular weight excluding hydrogens is 268 g/mol. The molecule has 1 aromatic carbocycles. The summed E-state index contributed by atoms with van der Waals surface area (Å²) in [6, 6.07) is 5.03. The summed E-state index contributed by atoms with van der Waals surface area (Å²) in [6.07, 6.45) is 8.67. The third kappa shape index (κ3) is 2.88. The van der Waals surface area contributed by atoms with Crippen LogP contribution in [0.3, 0.4) is 0 Å². The highest BCUT2D eigenvalue weighted by Crippen LogP contribution is 2.36. The van der Waals surface area contributed by atoms with E-state index in [1.807, 2.05) is 0 Å². The monoisotopic (exact) mass is 292 g/mol. The molecule has 1 unspecified atom stereocenters. The number of aryl methyl sites for hydroxylation is 2. The number of nitrogens with zero attached hydrogens (tertiary/aromatic N) is 1. The fourth-order valence-electron chi connectivity index (χ4n) is 3.78. The van der Waals surface area contributed by atoms with E-state index in [0.717, 1.165) is 18.0 Å². The Balaban J connectivity index is 1.92. The fourth-order valence-corrected chi connectivity index (χ4v) is 4.09. The van der Waals surface area contributed by atoms with Crippen molar-refractivity contribution in [3.8, 4) is 0 Å². The molecule has 2 aliphatic rings. The van der Waals surface area contributed by atoms with Gasteiger partial charge in [0.25, 0.3) is 0 Å². The number of fused-ring (bicyclic) bond motifs is 1. The van der Waals surface area contributed by atoms with Crippen molar-refractivity contribution >= 4 is 11.6 Å². The van der Waals surface area contributed by atoms with Crippen LogP contribution in [0.1, 0.15) is 54.8 Å². The Morgan fingerprint density at radius 3 is 2.35 bits per heavy atom. The van der Waals surface area contributed by atoms with Crippen LogP contribution >= 0.6 is 11.6 Å². The molecule has 0 amide bonds. The van der Waals surface area contributed by atoms with E-state index in [1.165, 1.54) is 68.3 Å². The van der Waals surface area contributed by atoms with Gasteiger partial charge in [-0.2, -0.15) is 0 Å². The van der Waals surface area contributed by atoms with Crippen LogP contribution in [-0.2, 0) is 12.8 Å². The molecular formula is C17H25ClN2. The van der Waals surface area contributed by atoms with Crippen LogP contribution in [0.2, 0.25) is 5.02 Å². The molecule has 2 N–H and O–H groups in total. The van der Waals surface area contributed by atoms with Crippen molar-refractivity contribution in [3.63, 3.8) is 0 Å². The summed E-state index contributed by atoms with van der Waals surface area (Å²) in [4.78, 5) is 2.57. The van der Waals surface area contributed by atoms with Gasteiger partial charge in [0.2, 0.25) is 0 Å². The molecule has 0 bridgehead atoms. The van der Waals surface area contributed by atoms with Gasteiger partial charge in [-0.3, -0.25) is 4.90 Å². The van der Waals surface area contributed by atoms with Crippen molar-refractivity contribution in [2.24, 2.45) is 5.73 Å². The first-order chi connectivity index (χ1) is 9.79. The minimum atomic E-state index is 0.419. The van der Waals surface area contributed by atoms with Crippen LogP contribution in [0.5, 0.6) is 0 Å². The molecule has 3 rings (SSSR count). The fraction of sp³-hybridized carbons (Fsp3) is 0.647. The molecule has 0 radical (unpaired) electrons. The topological polar surface area (TPSA) is 29.3 Å². The van der Waals surface area contributed by atoms with E-state index in [4.69, 9.17) is 17.3 Å². The van der Waals surface area contributed by atoms with Gasteiger partial charge in [0.15, 0.2) is 0 Å². The van der Waals surface area contributed by atoms with Gasteiger partial charge in [-0.05, 0) is 87.3 Å². The number of nitrogens with two attached hydrogens (primary N) is 1. The molecule has 1 heterocycles. The maximum atomic E-state index is 6.60. The Kier molecular flexibility index (Phi) is 4.65. The quantitative estimate of drug-likeness (QED) is 0.917. The summed E-state index contributed by atoms with van der Waals surface area (Å²) in [6.45, 7) is 3.12. The number of hydrogen-bond donors (Lipinski definition) is 1. The zero-order valence-corrected chi connectivity index (χ0v) is 13.0. The average molecular weight is 293 g/mol. The van der Waals surface area contributed by atoms with E-state index in [2.05, 4.69) is 17.0 Å². The number of rotatable bonds is 4. The van der Waals surface area contributed by atoms with Crippen LogP contribution < -0.4 is 5.73 Å². The van der Waals surface area contributed by atoms with Crippen molar-refractivity contribution < 1.29 is 0 Å². The maximum absolute atomic E-state index is 6.60. The summed E-state index contributed by atoms with van der Waals surface area (Å²) >= 11 is 6.60. The van der Waals surface area contributed by atoms with Crippen molar-refractivity contribution in [1.82, 2.24) is 4.90 Å². The molecule has 1 saturated heterocycles. The molecule has 3 heteroatoms. The lowest BCUT2D eigenvalue weighted by Crippen LogP contribution is -2.28. The Bertz CT molecular complexity index is 466. The number of hydrogen-bond acceptors (Lipinski definition) is 2. The molecule has 1 aliphatic carbocycles. The molecule has 2 nitrogen and oxygen atoms in total. The lowest BCUT2D eigenvalue weighted by Gasteiger charge is -2.30. The largest absolute Gasteiger partial charge is 0.330 e. The Morgan fingerprint density at radius 2 is 1.70 bits per heavy atom. The van der Waals surface area contributed by atoms with Crippen LogP contribution in [0, 0.1) is 0 Å². The van der Waals surface area contributed by atoms with E-state index < -0.39 is 0 Å². The first-order valence-corrected chi connectivity index (χ1v) is 8.42. The lowest BCUT2D eigenvalue weighted by atomic mass is 9.88. The SMILES string of the molecule is NCCC(c1cc2c(cc1Cl)CCCC2)N1CCCC1. The number of likely N-dealkylation sites (tertiary alicyclic amines) is 1. The summed E-state index contributed by atoms with van der Waals surface area (Å²) < 4.78 is 0. The normalized spacial score (nSPS) is 20.9. The van der Waals surface area contributed by atoms with E-state index in [9.17, 15) is 0 Å². The maximum Gasteiger partial charge on any atom is 0.0456 e. The zero-order valence-electron chi connectivity index (χ0n) is 12.2.